The number of primary amides is 1. The lowest BCUT2D eigenvalue weighted by atomic mass is 10.3. The molecule has 1 rings (SSSR count). The minimum atomic E-state index is -0.645. The van der Waals surface area contributed by atoms with E-state index in [2.05, 4.69) is 22.3 Å². The van der Waals surface area contributed by atoms with E-state index in [-0.39, 0.29) is 11.5 Å². The maximum Gasteiger partial charge on any atom is 0.269 e. The fourth-order valence-electron chi connectivity index (χ4n) is 1.28. The maximum atomic E-state index is 12.7. The van der Waals surface area contributed by atoms with Crippen LogP contribution in [0.25, 0.3) is 0 Å². The molecule has 1 aromatic carbocycles. The summed E-state index contributed by atoms with van der Waals surface area (Å²) in [5, 5.41) is 6.43. The lowest BCUT2D eigenvalue weighted by molar-refractivity contribution is -0.114. The summed E-state index contributed by atoms with van der Waals surface area (Å²) in [6, 6.07) is 5.97. The average molecular weight is 282 g/mol. The molecule has 0 fully saturated rings. The summed E-state index contributed by atoms with van der Waals surface area (Å²) in [6.07, 6.45) is 0. The lowest BCUT2D eigenvalue weighted by Gasteiger charge is -2.10. The number of carbonyl (C=O) groups excluding carboxylic acids is 1. The van der Waals surface area contributed by atoms with Crippen LogP contribution in [0.1, 0.15) is 0 Å². The third kappa shape index (κ3) is 4.63. The van der Waals surface area contributed by atoms with Gasteiger partial charge in [-0.05, 0) is 31.0 Å². The Bertz CT molecular complexity index is 487. The standard InChI is InChI=1S/C12H15FN4OS/c1-15-10(11(14)18)12(16-2)19-7-17-9-5-3-8(13)4-6-9/h3-6,16-17H,1,7H2,2H3,(H2,14,18)/b12-10-. The zero-order valence-electron chi connectivity index (χ0n) is 10.4. The second kappa shape index (κ2) is 7.42. The van der Waals surface area contributed by atoms with Crippen LogP contribution in [0.15, 0.2) is 40.0 Å². The molecule has 0 aliphatic rings. The summed E-state index contributed by atoms with van der Waals surface area (Å²) in [4.78, 5) is 14.7. The Labute approximate surface area is 115 Å². The predicted octanol–water partition coefficient (Wildman–Crippen LogP) is 1.50. The van der Waals surface area contributed by atoms with E-state index in [9.17, 15) is 9.18 Å². The molecule has 0 saturated heterocycles. The van der Waals surface area contributed by atoms with Gasteiger partial charge in [0, 0.05) is 12.7 Å². The number of hydrogen-bond acceptors (Lipinski definition) is 5. The van der Waals surface area contributed by atoms with Gasteiger partial charge < -0.3 is 16.4 Å². The largest absolute Gasteiger partial charge is 0.381 e. The molecule has 0 unspecified atom stereocenters. The number of halogens is 1. The molecule has 0 bridgehead atoms. The van der Waals surface area contributed by atoms with E-state index in [0.29, 0.717) is 10.9 Å². The zero-order chi connectivity index (χ0) is 14.3. The van der Waals surface area contributed by atoms with Crippen LogP contribution >= 0.6 is 11.8 Å². The molecule has 1 amide bonds. The van der Waals surface area contributed by atoms with E-state index in [1.165, 1.54) is 23.9 Å². The SMILES string of the molecule is C=N/C(C(N)=O)=C(/NC)SCNc1ccc(F)cc1. The van der Waals surface area contributed by atoms with Crippen LogP contribution < -0.4 is 16.4 Å². The predicted molar refractivity (Wildman–Crippen MR) is 77.3 cm³/mol. The number of amides is 1. The van der Waals surface area contributed by atoms with Gasteiger partial charge in [-0.15, -0.1) is 0 Å². The smallest absolute Gasteiger partial charge is 0.269 e. The second-order valence-corrected chi connectivity index (χ2v) is 4.41. The molecule has 19 heavy (non-hydrogen) atoms. The molecule has 0 radical (unpaired) electrons. The average Bonchev–Trinajstić information content (AvgIpc) is 2.39. The van der Waals surface area contributed by atoms with Gasteiger partial charge in [0.05, 0.1) is 5.88 Å². The number of hydrogen-bond donors (Lipinski definition) is 3. The van der Waals surface area contributed by atoms with Crippen molar-refractivity contribution in [1.82, 2.24) is 5.32 Å². The van der Waals surface area contributed by atoms with Crippen LogP contribution in [0, 0.1) is 5.82 Å². The highest BCUT2D eigenvalue weighted by Gasteiger charge is 2.10. The number of nitrogens with zero attached hydrogens (tertiary/aromatic N) is 1. The molecule has 0 saturated carbocycles. The number of rotatable bonds is 7. The number of thioether (sulfide) groups is 1. The number of anilines is 1. The number of benzene rings is 1. The Morgan fingerprint density at radius 1 is 1.47 bits per heavy atom. The topological polar surface area (TPSA) is 79.5 Å². The van der Waals surface area contributed by atoms with E-state index in [1.54, 1.807) is 19.2 Å². The third-order valence-electron chi connectivity index (χ3n) is 2.17. The van der Waals surface area contributed by atoms with Crippen molar-refractivity contribution < 1.29 is 9.18 Å². The highest BCUT2D eigenvalue weighted by Crippen LogP contribution is 2.18. The molecule has 0 aliphatic carbocycles. The fourth-order valence-corrected chi connectivity index (χ4v) is 2.11. The van der Waals surface area contributed by atoms with E-state index in [4.69, 9.17) is 5.73 Å². The molecular weight excluding hydrogens is 267 g/mol. The van der Waals surface area contributed by atoms with Crippen molar-refractivity contribution in [2.45, 2.75) is 0 Å². The van der Waals surface area contributed by atoms with Crippen molar-refractivity contribution in [1.29, 1.82) is 0 Å². The Morgan fingerprint density at radius 2 is 2.11 bits per heavy atom. The van der Waals surface area contributed by atoms with Crippen molar-refractivity contribution in [3.05, 3.63) is 40.8 Å². The second-order valence-electron chi connectivity index (χ2n) is 3.42. The highest BCUT2D eigenvalue weighted by molar-refractivity contribution is 8.03. The number of aliphatic imine (C=N–C) groups is 1. The molecule has 4 N–H and O–H groups in total. The van der Waals surface area contributed by atoms with Gasteiger partial charge >= 0.3 is 0 Å². The van der Waals surface area contributed by atoms with Gasteiger partial charge in [-0.2, -0.15) is 0 Å². The van der Waals surface area contributed by atoms with Crippen LogP contribution in [0.3, 0.4) is 0 Å². The van der Waals surface area contributed by atoms with Crippen molar-refractivity contribution in [2.75, 3.05) is 18.2 Å². The minimum Gasteiger partial charge on any atom is -0.381 e. The Hall–Kier alpha value is -2.02. The van der Waals surface area contributed by atoms with Gasteiger partial charge in [-0.3, -0.25) is 9.79 Å². The first-order valence-electron chi connectivity index (χ1n) is 5.39. The summed E-state index contributed by atoms with van der Waals surface area (Å²) in [5.41, 5.74) is 6.04. The number of carbonyl (C=O) groups is 1. The van der Waals surface area contributed by atoms with Gasteiger partial charge in [0.15, 0.2) is 5.70 Å². The summed E-state index contributed by atoms with van der Waals surface area (Å²) in [6.45, 7) is 3.30. The molecule has 5 nitrogen and oxygen atoms in total. The Kier molecular flexibility index (Phi) is 5.87. The molecule has 0 spiro atoms. The van der Waals surface area contributed by atoms with E-state index >= 15 is 0 Å². The third-order valence-corrected chi connectivity index (χ3v) is 3.15. The summed E-state index contributed by atoms with van der Waals surface area (Å²) in [7, 11) is 1.66. The van der Waals surface area contributed by atoms with Crippen molar-refractivity contribution in [3.63, 3.8) is 0 Å². The molecule has 7 heteroatoms. The maximum absolute atomic E-state index is 12.7. The van der Waals surface area contributed by atoms with Crippen LogP contribution in [-0.2, 0) is 4.79 Å². The van der Waals surface area contributed by atoms with Crippen LogP contribution in [0.2, 0.25) is 0 Å². The summed E-state index contributed by atoms with van der Waals surface area (Å²) < 4.78 is 12.7. The number of nitrogens with one attached hydrogen (secondary N) is 2. The van der Waals surface area contributed by atoms with E-state index < -0.39 is 5.91 Å². The fraction of sp³-hybridized carbons (Fsp3) is 0.167. The molecule has 0 heterocycles. The summed E-state index contributed by atoms with van der Waals surface area (Å²) >= 11 is 1.31. The van der Waals surface area contributed by atoms with Gasteiger partial charge in [0.2, 0.25) is 0 Å². The Balaban J connectivity index is 2.61. The van der Waals surface area contributed by atoms with E-state index in [1.807, 2.05) is 0 Å². The van der Waals surface area contributed by atoms with Crippen LogP contribution in [0.5, 0.6) is 0 Å². The van der Waals surface area contributed by atoms with Gasteiger partial charge in [0.1, 0.15) is 10.8 Å². The molecule has 0 aliphatic heterocycles. The van der Waals surface area contributed by atoms with Crippen LogP contribution in [0.4, 0.5) is 10.1 Å². The Morgan fingerprint density at radius 3 is 2.58 bits per heavy atom. The molecule has 102 valence electrons. The van der Waals surface area contributed by atoms with Crippen LogP contribution in [-0.4, -0.2) is 25.5 Å². The highest BCUT2D eigenvalue weighted by atomic mass is 32.2. The van der Waals surface area contributed by atoms with Gasteiger partial charge in [-0.25, -0.2) is 4.39 Å². The zero-order valence-corrected chi connectivity index (χ0v) is 11.3. The first-order chi connectivity index (χ1) is 9.08. The monoisotopic (exact) mass is 282 g/mol. The number of nitrogens with two attached hydrogens (primary N) is 1. The minimum absolute atomic E-state index is 0.0911. The normalized spacial score (nSPS) is 11.5. The lowest BCUT2D eigenvalue weighted by Crippen LogP contribution is -2.19. The summed E-state index contributed by atoms with van der Waals surface area (Å²) in [5.74, 6) is -0.469. The van der Waals surface area contributed by atoms with Crippen molar-refractivity contribution >= 4 is 30.1 Å². The molecule has 0 aromatic heterocycles. The van der Waals surface area contributed by atoms with Gasteiger partial charge in [-0.1, -0.05) is 11.8 Å². The van der Waals surface area contributed by atoms with Crippen molar-refractivity contribution in [3.8, 4) is 0 Å². The van der Waals surface area contributed by atoms with Gasteiger partial charge in [0.25, 0.3) is 5.91 Å². The first kappa shape index (κ1) is 15.0. The molecule has 0 atom stereocenters. The quantitative estimate of drug-likeness (QED) is 0.402. The van der Waals surface area contributed by atoms with E-state index in [0.717, 1.165) is 5.69 Å². The molecule has 1 aromatic rings. The molecular formula is C12H15FN4OS. The first-order valence-corrected chi connectivity index (χ1v) is 6.37. The van der Waals surface area contributed by atoms with Crippen molar-refractivity contribution in [2.24, 2.45) is 10.7 Å².